The molecule has 0 aliphatic rings. The van der Waals surface area contributed by atoms with Crippen LogP contribution in [0, 0.1) is 0 Å². The molecule has 0 fully saturated rings. The van der Waals surface area contributed by atoms with Crippen molar-refractivity contribution in [3.05, 3.63) is 12.2 Å². The number of aliphatic hydroxyl groups excluding tert-OH is 2. The highest BCUT2D eigenvalue weighted by molar-refractivity contribution is 5.76. The lowest BCUT2D eigenvalue weighted by atomic mass is 10.0. The van der Waals surface area contributed by atoms with Gasteiger partial charge in [-0.25, -0.2) is 0 Å². The molecule has 1 amide bonds. The summed E-state index contributed by atoms with van der Waals surface area (Å²) < 4.78 is 0. The van der Waals surface area contributed by atoms with Crippen molar-refractivity contribution < 1.29 is 15.0 Å². The molecule has 2 atom stereocenters. The predicted octanol–water partition coefficient (Wildman–Crippen LogP) is 12.7. The average Bonchev–Trinajstić information content (AvgIpc) is 3.06. The van der Waals surface area contributed by atoms with E-state index in [0.29, 0.717) is 6.42 Å². The second-order valence-corrected chi connectivity index (χ2v) is 14.4. The van der Waals surface area contributed by atoms with Gasteiger partial charge in [-0.3, -0.25) is 4.79 Å². The molecule has 0 aliphatic carbocycles. The predicted molar refractivity (Wildman–Crippen MR) is 202 cm³/mol. The third-order valence-electron chi connectivity index (χ3n) is 9.77. The second kappa shape index (κ2) is 38.6. The maximum absolute atomic E-state index is 12.3. The van der Waals surface area contributed by atoms with Crippen molar-refractivity contribution in [2.24, 2.45) is 0 Å². The van der Waals surface area contributed by atoms with E-state index in [1.54, 1.807) is 6.08 Å². The van der Waals surface area contributed by atoms with Crippen molar-refractivity contribution >= 4 is 5.91 Å². The van der Waals surface area contributed by atoms with Crippen molar-refractivity contribution in [3.8, 4) is 0 Å². The van der Waals surface area contributed by atoms with E-state index in [0.717, 1.165) is 25.7 Å². The first kappa shape index (κ1) is 45.1. The van der Waals surface area contributed by atoms with Gasteiger partial charge in [-0.15, -0.1) is 0 Å². The summed E-state index contributed by atoms with van der Waals surface area (Å²) in [6.45, 7) is 4.32. The maximum Gasteiger partial charge on any atom is 0.220 e. The molecule has 0 aromatic heterocycles. The lowest BCUT2D eigenvalue weighted by molar-refractivity contribution is -0.123. The Bertz CT molecular complexity index is 622. The Morgan fingerprint density at radius 3 is 1.13 bits per heavy atom. The zero-order valence-electron chi connectivity index (χ0n) is 31.4. The van der Waals surface area contributed by atoms with Crippen LogP contribution in [0.5, 0.6) is 0 Å². The minimum Gasteiger partial charge on any atom is -0.394 e. The smallest absolute Gasteiger partial charge is 0.220 e. The third-order valence-corrected chi connectivity index (χ3v) is 9.77. The Morgan fingerprint density at radius 2 is 0.804 bits per heavy atom. The standard InChI is InChI=1S/C42H83NO3/c1-3-5-7-9-11-13-15-17-19-20-21-22-23-24-25-27-29-31-33-35-37-41(45)40(39-44)43-42(46)38-36-34-32-30-28-26-18-16-14-12-10-8-6-4-2/h35,37,40-41,44-45H,3-34,36,38-39H2,1-2H3,(H,43,46)/b37-35+. The van der Waals surface area contributed by atoms with Crippen molar-refractivity contribution in [3.63, 3.8) is 0 Å². The maximum atomic E-state index is 12.3. The zero-order valence-corrected chi connectivity index (χ0v) is 31.4. The van der Waals surface area contributed by atoms with Crippen LogP contribution in [-0.2, 0) is 4.79 Å². The first-order valence-electron chi connectivity index (χ1n) is 20.9. The van der Waals surface area contributed by atoms with Crippen molar-refractivity contribution in [2.45, 2.75) is 244 Å². The summed E-state index contributed by atoms with van der Waals surface area (Å²) >= 11 is 0. The van der Waals surface area contributed by atoms with Crippen molar-refractivity contribution in [2.75, 3.05) is 6.61 Å². The van der Waals surface area contributed by atoms with Crippen LogP contribution in [0.25, 0.3) is 0 Å². The van der Waals surface area contributed by atoms with Gasteiger partial charge in [0.25, 0.3) is 0 Å². The third kappa shape index (κ3) is 34.5. The summed E-state index contributed by atoms with van der Waals surface area (Å²) in [6, 6.07) is -0.615. The molecule has 0 rings (SSSR count). The Hall–Kier alpha value is -0.870. The largest absolute Gasteiger partial charge is 0.394 e. The molecule has 46 heavy (non-hydrogen) atoms. The lowest BCUT2D eigenvalue weighted by Crippen LogP contribution is -2.45. The van der Waals surface area contributed by atoms with Crippen molar-refractivity contribution in [1.82, 2.24) is 5.32 Å². The topological polar surface area (TPSA) is 69.6 Å². The Morgan fingerprint density at radius 1 is 0.500 bits per heavy atom. The zero-order chi connectivity index (χ0) is 33.6. The highest BCUT2D eigenvalue weighted by Gasteiger charge is 2.17. The van der Waals surface area contributed by atoms with E-state index in [1.807, 2.05) is 6.08 Å². The molecule has 0 heterocycles. The lowest BCUT2D eigenvalue weighted by Gasteiger charge is -2.20. The molecule has 0 aromatic rings. The van der Waals surface area contributed by atoms with E-state index in [-0.39, 0.29) is 12.5 Å². The van der Waals surface area contributed by atoms with Crippen LogP contribution >= 0.6 is 0 Å². The fraction of sp³-hybridized carbons (Fsp3) is 0.929. The minimum absolute atomic E-state index is 0.0612. The molecule has 0 saturated heterocycles. The number of allylic oxidation sites excluding steroid dienone is 1. The Labute approximate surface area is 288 Å². The average molecular weight is 650 g/mol. The van der Waals surface area contributed by atoms with E-state index < -0.39 is 12.1 Å². The molecule has 0 aliphatic heterocycles. The molecule has 4 heteroatoms. The molecule has 0 radical (unpaired) electrons. The number of nitrogens with one attached hydrogen (secondary N) is 1. The molecule has 0 bridgehead atoms. The van der Waals surface area contributed by atoms with Gasteiger partial charge < -0.3 is 15.5 Å². The van der Waals surface area contributed by atoms with E-state index in [1.165, 1.54) is 186 Å². The Balaban J connectivity index is 3.54. The number of amides is 1. The molecule has 0 saturated carbocycles. The van der Waals surface area contributed by atoms with E-state index >= 15 is 0 Å². The van der Waals surface area contributed by atoms with Crippen LogP contribution < -0.4 is 5.32 Å². The van der Waals surface area contributed by atoms with Gasteiger partial charge in [-0.05, 0) is 19.3 Å². The van der Waals surface area contributed by atoms with Crippen LogP contribution in [-0.4, -0.2) is 34.9 Å². The molecule has 3 N–H and O–H groups in total. The Kier molecular flexibility index (Phi) is 37.8. The summed E-state index contributed by atoms with van der Waals surface area (Å²) in [5.41, 5.74) is 0. The minimum atomic E-state index is -0.833. The van der Waals surface area contributed by atoms with Gasteiger partial charge in [0.05, 0.1) is 18.8 Å². The number of aliphatic hydroxyl groups is 2. The van der Waals surface area contributed by atoms with Crippen LogP contribution in [0.4, 0.5) is 0 Å². The molecular formula is C42H83NO3. The molecule has 274 valence electrons. The van der Waals surface area contributed by atoms with Gasteiger partial charge >= 0.3 is 0 Å². The molecule has 4 nitrogen and oxygen atoms in total. The molecule has 2 unspecified atom stereocenters. The number of hydrogen-bond donors (Lipinski definition) is 3. The van der Waals surface area contributed by atoms with Gasteiger partial charge in [0.15, 0.2) is 0 Å². The number of carbonyl (C=O) groups is 1. The number of unbranched alkanes of at least 4 members (excludes halogenated alkanes) is 31. The van der Waals surface area contributed by atoms with Crippen molar-refractivity contribution in [1.29, 1.82) is 0 Å². The second-order valence-electron chi connectivity index (χ2n) is 14.4. The first-order valence-corrected chi connectivity index (χ1v) is 20.9. The summed E-state index contributed by atoms with van der Waals surface area (Å²) in [4.78, 5) is 12.3. The van der Waals surface area contributed by atoms with E-state index in [2.05, 4.69) is 19.2 Å². The fourth-order valence-corrected chi connectivity index (χ4v) is 6.53. The molecular weight excluding hydrogens is 566 g/mol. The summed E-state index contributed by atoms with van der Waals surface area (Å²) in [6.07, 6.45) is 47.4. The number of rotatable bonds is 38. The van der Waals surface area contributed by atoms with Crippen LogP contribution in [0.15, 0.2) is 12.2 Å². The highest BCUT2D eigenvalue weighted by atomic mass is 16.3. The SMILES string of the molecule is CCCCCCCCCCCCCCCCCCCC/C=C/C(O)C(CO)NC(=O)CCCCCCCCCCCCCCCC. The van der Waals surface area contributed by atoms with E-state index in [4.69, 9.17) is 0 Å². The monoisotopic (exact) mass is 650 g/mol. The fourth-order valence-electron chi connectivity index (χ4n) is 6.53. The highest BCUT2D eigenvalue weighted by Crippen LogP contribution is 2.16. The quantitative estimate of drug-likeness (QED) is 0.0460. The van der Waals surface area contributed by atoms with Gasteiger partial charge in [-0.2, -0.15) is 0 Å². The van der Waals surface area contributed by atoms with Crippen LogP contribution in [0.3, 0.4) is 0 Å². The first-order chi connectivity index (χ1) is 22.7. The van der Waals surface area contributed by atoms with Gasteiger partial charge in [-0.1, -0.05) is 219 Å². The normalized spacial score (nSPS) is 13.0. The van der Waals surface area contributed by atoms with E-state index in [9.17, 15) is 15.0 Å². The summed E-state index contributed by atoms with van der Waals surface area (Å²) in [5.74, 6) is -0.0612. The molecule has 0 aromatic carbocycles. The molecule has 0 spiro atoms. The number of hydrogen-bond acceptors (Lipinski definition) is 3. The number of carbonyl (C=O) groups excluding carboxylic acids is 1. The van der Waals surface area contributed by atoms with Crippen LogP contribution in [0.2, 0.25) is 0 Å². The summed E-state index contributed by atoms with van der Waals surface area (Å²) in [5, 5.41) is 23.0. The summed E-state index contributed by atoms with van der Waals surface area (Å²) in [7, 11) is 0. The van der Waals surface area contributed by atoms with Gasteiger partial charge in [0.1, 0.15) is 0 Å². The van der Waals surface area contributed by atoms with Gasteiger partial charge in [0.2, 0.25) is 5.91 Å². The van der Waals surface area contributed by atoms with Gasteiger partial charge in [0, 0.05) is 6.42 Å². The van der Waals surface area contributed by atoms with Crippen LogP contribution in [0.1, 0.15) is 232 Å².